The van der Waals surface area contributed by atoms with Crippen LogP contribution in [0.2, 0.25) is 0 Å². The van der Waals surface area contributed by atoms with Crippen molar-refractivity contribution in [3.8, 4) is 5.75 Å². The highest BCUT2D eigenvalue weighted by atomic mass is 127. The first-order valence-electron chi connectivity index (χ1n) is 5.25. The minimum Gasteiger partial charge on any atom is -0.492 e. The van der Waals surface area contributed by atoms with Crippen molar-refractivity contribution in [2.24, 2.45) is 0 Å². The van der Waals surface area contributed by atoms with E-state index in [1.165, 1.54) is 12.7 Å². The van der Waals surface area contributed by atoms with Crippen LogP contribution in [0.3, 0.4) is 0 Å². The van der Waals surface area contributed by atoms with Gasteiger partial charge in [0.25, 0.3) is 0 Å². The van der Waals surface area contributed by atoms with Crippen molar-refractivity contribution in [3.05, 3.63) is 24.3 Å². The molecular weight excluding hydrogens is 482 g/mol. The van der Waals surface area contributed by atoms with E-state index in [-0.39, 0.29) is 0 Å². The van der Waals surface area contributed by atoms with Crippen LogP contribution in [-0.4, -0.2) is 17.6 Å². The Morgan fingerprint density at radius 1 is 1.33 bits per heavy atom. The lowest BCUT2D eigenvalue weighted by atomic mass is 10.1. The van der Waals surface area contributed by atoms with Crippen LogP contribution >= 0.6 is 57.2 Å². The summed E-state index contributed by atoms with van der Waals surface area (Å²) in [6, 6.07) is 2.13. The molecule has 1 aromatic carbocycles. The molecule has 18 heavy (non-hydrogen) atoms. The summed E-state index contributed by atoms with van der Waals surface area (Å²) in [5, 5.41) is 11.4. The largest absolute Gasteiger partial charge is 0.492 e. The smallest absolute Gasteiger partial charge is 0.135 e. The molecule has 4 nitrogen and oxygen atoms in total. The van der Waals surface area contributed by atoms with Gasteiger partial charge in [0.2, 0.25) is 0 Å². The van der Waals surface area contributed by atoms with Gasteiger partial charge in [-0.05, 0) is 82.6 Å². The second kappa shape index (κ2) is 8.80. The molecule has 1 N–H and O–H groups in total. The Bertz CT molecular complexity index is 401. The number of benzene rings is 1. The third kappa shape index (κ3) is 5.00. The van der Waals surface area contributed by atoms with Crippen molar-refractivity contribution in [1.82, 2.24) is 0 Å². The summed E-state index contributed by atoms with van der Waals surface area (Å²) in [5.41, 5.74) is 2.40. The summed E-state index contributed by atoms with van der Waals surface area (Å²) in [5.74, 6) is 1.65. The number of hydrogen-bond acceptors (Lipinski definition) is 5. The molecule has 0 aliphatic heterocycles. The summed E-state index contributed by atoms with van der Waals surface area (Å²) in [7, 11) is 0. The predicted molar refractivity (Wildman–Crippen MR) is 88.7 cm³/mol. The Balaban J connectivity index is 2.50. The molecule has 0 aliphatic carbocycles. The Labute approximate surface area is 138 Å². The van der Waals surface area contributed by atoms with Crippen LogP contribution in [-0.2, 0) is 9.37 Å². The first-order chi connectivity index (χ1) is 8.57. The Kier molecular flexibility index (Phi) is 8.19. The first-order valence-corrected chi connectivity index (χ1v) is 8.32. The van der Waals surface area contributed by atoms with Gasteiger partial charge in [0.1, 0.15) is 5.75 Å². The van der Waals surface area contributed by atoms with E-state index in [4.69, 9.17) is 9.99 Å². The fourth-order valence-corrected chi connectivity index (χ4v) is 3.81. The van der Waals surface area contributed by atoms with Crippen molar-refractivity contribution in [2.45, 2.75) is 20.3 Å². The van der Waals surface area contributed by atoms with Crippen LogP contribution in [0.1, 0.15) is 17.5 Å². The summed E-state index contributed by atoms with van der Waals surface area (Å²) >= 11 is 5.70. The Hall–Kier alpha value is 0.710. The number of halogens is 2. The standard InChI is InChI=1S/C11H14I2O4S/c1-7-6-9(12)8(2)10(13)11(7)15-4-3-5-18-17-16-14/h6,14H,3-5H2,1-2H3. The Morgan fingerprint density at radius 3 is 2.72 bits per heavy atom. The maximum absolute atomic E-state index is 7.95. The highest BCUT2D eigenvalue weighted by molar-refractivity contribution is 14.1. The van der Waals surface area contributed by atoms with E-state index in [0.29, 0.717) is 12.4 Å². The molecule has 0 saturated carbocycles. The molecule has 0 bridgehead atoms. The zero-order valence-electron chi connectivity index (χ0n) is 10.0. The quantitative estimate of drug-likeness (QED) is 0.200. The number of aryl methyl sites for hydroxylation is 1. The molecule has 0 atom stereocenters. The molecule has 0 radical (unpaired) electrons. The fraction of sp³-hybridized carbons (Fsp3) is 0.455. The SMILES string of the molecule is Cc1cc(I)c(C)c(I)c1OCCCSOOO. The van der Waals surface area contributed by atoms with Gasteiger partial charge in [0, 0.05) is 21.4 Å². The number of rotatable bonds is 7. The second-order valence-electron chi connectivity index (χ2n) is 3.61. The van der Waals surface area contributed by atoms with E-state index in [9.17, 15) is 0 Å². The average molecular weight is 496 g/mol. The van der Waals surface area contributed by atoms with Crippen LogP contribution in [0.5, 0.6) is 5.75 Å². The summed E-state index contributed by atoms with van der Waals surface area (Å²) < 4.78 is 12.5. The third-order valence-corrected chi connectivity index (χ3v) is 5.32. The number of ether oxygens (including phenoxy) is 1. The van der Waals surface area contributed by atoms with Crippen molar-refractivity contribution in [2.75, 3.05) is 12.4 Å². The molecule has 0 aliphatic rings. The van der Waals surface area contributed by atoms with Crippen molar-refractivity contribution < 1.29 is 19.4 Å². The van der Waals surface area contributed by atoms with E-state index in [2.05, 4.69) is 74.5 Å². The maximum Gasteiger partial charge on any atom is 0.135 e. The summed E-state index contributed by atoms with van der Waals surface area (Å²) in [4.78, 5) is 0. The van der Waals surface area contributed by atoms with Crippen LogP contribution in [0, 0.1) is 21.0 Å². The molecule has 0 amide bonds. The van der Waals surface area contributed by atoms with Gasteiger partial charge in [-0.3, -0.25) is 0 Å². The highest BCUT2D eigenvalue weighted by Crippen LogP contribution is 2.31. The van der Waals surface area contributed by atoms with E-state index >= 15 is 0 Å². The van der Waals surface area contributed by atoms with Gasteiger partial charge in [-0.25, -0.2) is 5.26 Å². The molecule has 1 rings (SSSR count). The Morgan fingerprint density at radius 2 is 2.06 bits per heavy atom. The molecular formula is C11H14I2O4S. The predicted octanol–water partition coefficient (Wildman–Crippen LogP) is 4.35. The second-order valence-corrected chi connectivity index (χ2v) is 6.63. The molecule has 0 unspecified atom stereocenters. The average Bonchev–Trinajstić information content (AvgIpc) is 2.34. The normalized spacial score (nSPS) is 10.7. The van der Waals surface area contributed by atoms with E-state index in [1.807, 2.05) is 0 Å². The monoisotopic (exact) mass is 496 g/mol. The molecule has 1 aromatic rings. The molecule has 0 heterocycles. The van der Waals surface area contributed by atoms with Crippen molar-refractivity contribution in [1.29, 1.82) is 0 Å². The van der Waals surface area contributed by atoms with E-state index in [0.717, 1.165) is 29.8 Å². The van der Waals surface area contributed by atoms with Crippen molar-refractivity contribution in [3.63, 3.8) is 0 Å². The lowest BCUT2D eigenvalue weighted by Crippen LogP contribution is -2.04. The maximum atomic E-state index is 7.95. The van der Waals surface area contributed by atoms with E-state index < -0.39 is 0 Å². The van der Waals surface area contributed by atoms with Crippen LogP contribution in [0.4, 0.5) is 0 Å². The summed E-state index contributed by atoms with van der Waals surface area (Å²) in [6.07, 6.45) is 0.814. The fourth-order valence-electron chi connectivity index (χ4n) is 1.34. The lowest BCUT2D eigenvalue weighted by molar-refractivity contribution is -0.432. The van der Waals surface area contributed by atoms with Gasteiger partial charge in [0.15, 0.2) is 0 Å². The molecule has 102 valence electrons. The molecule has 0 saturated heterocycles. The van der Waals surface area contributed by atoms with Gasteiger partial charge < -0.3 is 4.74 Å². The van der Waals surface area contributed by atoms with Crippen molar-refractivity contribution >= 4 is 57.2 Å². The zero-order chi connectivity index (χ0) is 13.5. The third-order valence-electron chi connectivity index (χ3n) is 2.29. The van der Waals surface area contributed by atoms with Crippen LogP contribution < -0.4 is 4.74 Å². The zero-order valence-corrected chi connectivity index (χ0v) is 15.2. The lowest BCUT2D eigenvalue weighted by Gasteiger charge is -2.14. The molecule has 7 heteroatoms. The molecule has 0 spiro atoms. The van der Waals surface area contributed by atoms with Gasteiger partial charge in [0.05, 0.1) is 10.2 Å². The molecule has 0 aromatic heterocycles. The van der Waals surface area contributed by atoms with Crippen LogP contribution in [0.25, 0.3) is 0 Å². The molecule has 0 fully saturated rings. The number of hydrogen-bond donors (Lipinski definition) is 1. The topological polar surface area (TPSA) is 47.9 Å². The van der Waals surface area contributed by atoms with Gasteiger partial charge in [-0.15, -0.1) is 4.33 Å². The van der Waals surface area contributed by atoms with Gasteiger partial charge >= 0.3 is 0 Å². The van der Waals surface area contributed by atoms with Gasteiger partial charge in [-0.1, -0.05) is 5.04 Å². The minimum atomic E-state index is 0.610. The highest BCUT2D eigenvalue weighted by Gasteiger charge is 2.11. The van der Waals surface area contributed by atoms with Crippen LogP contribution in [0.15, 0.2) is 6.07 Å². The first kappa shape index (κ1) is 16.8. The van der Waals surface area contributed by atoms with Gasteiger partial charge in [-0.2, -0.15) is 0 Å². The minimum absolute atomic E-state index is 0.610. The van der Waals surface area contributed by atoms with E-state index in [1.54, 1.807) is 0 Å². The summed E-state index contributed by atoms with van der Waals surface area (Å²) in [6.45, 7) is 4.76.